The molecule has 1 rings (SSSR count). The number of nitrogens with one attached hydrogen (secondary N) is 1. The van der Waals surface area contributed by atoms with E-state index in [1.54, 1.807) is 6.07 Å². The van der Waals surface area contributed by atoms with Crippen molar-refractivity contribution in [2.45, 2.75) is 39.3 Å². The van der Waals surface area contributed by atoms with Crippen molar-refractivity contribution in [2.24, 2.45) is 5.92 Å². The standard InChI is InChI=1S/C15H22F3N/c1-4-8-19-10-11(2)12(3)13-6-5-7-14(9-13)15(16,17)18/h5-7,9,11-12,19H,4,8,10H2,1-3H3. The summed E-state index contributed by atoms with van der Waals surface area (Å²) in [6.07, 6.45) is -3.20. The van der Waals surface area contributed by atoms with E-state index < -0.39 is 11.7 Å². The molecular formula is C15H22F3N. The summed E-state index contributed by atoms with van der Waals surface area (Å²) in [5.74, 6) is 0.404. The summed E-state index contributed by atoms with van der Waals surface area (Å²) < 4.78 is 38.0. The molecule has 2 unspecified atom stereocenters. The van der Waals surface area contributed by atoms with Crippen molar-refractivity contribution in [1.82, 2.24) is 5.32 Å². The fourth-order valence-corrected chi connectivity index (χ4v) is 2.01. The quantitative estimate of drug-likeness (QED) is 0.755. The third kappa shape index (κ3) is 4.86. The van der Waals surface area contributed by atoms with Crippen LogP contribution in [0, 0.1) is 5.92 Å². The minimum Gasteiger partial charge on any atom is -0.316 e. The summed E-state index contributed by atoms with van der Waals surface area (Å²) in [7, 11) is 0. The molecule has 0 spiro atoms. The highest BCUT2D eigenvalue weighted by molar-refractivity contribution is 5.28. The highest BCUT2D eigenvalue weighted by Gasteiger charge is 2.31. The van der Waals surface area contributed by atoms with Gasteiger partial charge in [-0.25, -0.2) is 0 Å². The molecule has 19 heavy (non-hydrogen) atoms. The number of hydrogen-bond donors (Lipinski definition) is 1. The Bertz CT molecular complexity index is 387. The molecule has 0 amide bonds. The molecule has 1 N–H and O–H groups in total. The number of benzene rings is 1. The summed E-state index contributed by atoms with van der Waals surface area (Å²) in [6, 6.07) is 5.65. The van der Waals surface area contributed by atoms with Gasteiger partial charge in [-0.1, -0.05) is 39.0 Å². The number of hydrogen-bond acceptors (Lipinski definition) is 1. The van der Waals surface area contributed by atoms with Crippen LogP contribution in [0.4, 0.5) is 13.2 Å². The van der Waals surface area contributed by atoms with Crippen molar-refractivity contribution in [1.29, 1.82) is 0 Å². The molecule has 1 aromatic rings. The summed E-state index contributed by atoms with van der Waals surface area (Å²) in [4.78, 5) is 0. The van der Waals surface area contributed by atoms with Gasteiger partial charge in [0.05, 0.1) is 5.56 Å². The third-order valence-corrected chi connectivity index (χ3v) is 3.49. The van der Waals surface area contributed by atoms with E-state index in [4.69, 9.17) is 0 Å². The van der Waals surface area contributed by atoms with Crippen LogP contribution in [0.15, 0.2) is 24.3 Å². The highest BCUT2D eigenvalue weighted by atomic mass is 19.4. The smallest absolute Gasteiger partial charge is 0.316 e. The van der Waals surface area contributed by atoms with Crippen LogP contribution in [0.2, 0.25) is 0 Å². The molecule has 0 aliphatic carbocycles. The Labute approximate surface area is 113 Å². The summed E-state index contributed by atoms with van der Waals surface area (Å²) in [5, 5.41) is 3.31. The van der Waals surface area contributed by atoms with Crippen molar-refractivity contribution >= 4 is 0 Å². The Morgan fingerprint density at radius 1 is 1.21 bits per heavy atom. The van der Waals surface area contributed by atoms with Gasteiger partial charge >= 0.3 is 6.18 Å². The van der Waals surface area contributed by atoms with E-state index in [9.17, 15) is 13.2 Å². The first kappa shape index (κ1) is 16.0. The fourth-order valence-electron chi connectivity index (χ4n) is 2.01. The lowest BCUT2D eigenvalue weighted by Gasteiger charge is -2.21. The van der Waals surface area contributed by atoms with Crippen LogP contribution in [0.1, 0.15) is 44.2 Å². The van der Waals surface area contributed by atoms with Gasteiger partial charge < -0.3 is 5.32 Å². The van der Waals surface area contributed by atoms with E-state index in [0.29, 0.717) is 5.92 Å². The molecule has 108 valence electrons. The van der Waals surface area contributed by atoms with E-state index in [1.165, 1.54) is 12.1 Å². The maximum atomic E-state index is 12.7. The Kier molecular flexibility index (Phi) is 5.85. The first-order valence-corrected chi connectivity index (χ1v) is 6.74. The summed E-state index contributed by atoms with van der Waals surface area (Å²) >= 11 is 0. The van der Waals surface area contributed by atoms with Crippen molar-refractivity contribution in [3.63, 3.8) is 0 Å². The van der Waals surface area contributed by atoms with Gasteiger partial charge in [-0.2, -0.15) is 13.2 Å². The molecule has 2 atom stereocenters. The number of alkyl halides is 3. The van der Waals surface area contributed by atoms with E-state index in [1.807, 2.05) is 6.92 Å². The van der Waals surface area contributed by atoms with Gasteiger partial charge in [0.25, 0.3) is 0 Å². The molecule has 4 heteroatoms. The van der Waals surface area contributed by atoms with Crippen molar-refractivity contribution in [3.05, 3.63) is 35.4 Å². The second-order valence-corrected chi connectivity index (χ2v) is 5.09. The number of rotatable bonds is 6. The lowest BCUT2D eigenvalue weighted by Crippen LogP contribution is -2.25. The first-order valence-electron chi connectivity index (χ1n) is 6.74. The van der Waals surface area contributed by atoms with Gasteiger partial charge in [0.15, 0.2) is 0 Å². The predicted molar refractivity (Wildman–Crippen MR) is 72.2 cm³/mol. The van der Waals surface area contributed by atoms with Crippen LogP contribution in [0.5, 0.6) is 0 Å². The lowest BCUT2D eigenvalue weighted by molar-refractivity contribution is -0.137. The molecule has 0 radical (unpaired) electrons. The van der Waals surface area contributed by atoms with Gasteiger partial charge in [-0.3, -0.25) is 0 Å². The molecule has 0 saturated carbocycles. The molecule has 1 nitrogen and oxygen atoms in total. The average molecular weight is 273 g/mol. The lowest BCUT2D eigenvalue weighted by atomic mass is 9.88. The fraction of sp³-hybridized carbons (Fsp3) is 0.600. The number of halogens is 3. The second kappa shape index (κ2) is 6.94. The molecule has 1 aromatic carbocycles. The second-order valence-electron chi connectivity index (χ2n) is 5.09. The molecule has 0 saturated heterocycles. The SMILES string of the molecule is CCCNCC(C)C(C)c1cccc(C(F)(F)F)c1. The van der Waals surface area contributed by atoms with Crippen LogP contribution >= 0.6 is 0 Å². The molecule has 0 aliphatic heterocycles. The Morgan fingerprint density at radius 2 is 1.89 bits per heavy atom. The molecule has 0 aromatic heterocycles. The minimum atomic E-state index is -4.26. The average Bonchev–Trinajstić information content (AvgIpc) is 2.37. The predicted octanol–water partition coefficient (Wildman–Crippen LogP) is 4.44. The highest BCUT2D eigenvalue weighted by Crippen LogP contribution is 2.32. The molecule has 0 bridgehead atoms. The maximum Gasteiger partial charge on any atom is 0.416 e. The van der Waals surface area contributed by atoms with E-state index in [-0.39, 0.29) is 5.92 Å². The van der Waals surface area contributed by atoms with E-state index in [0.717, 1.165) is 31.1 Å². The molecule has 0 heterocycles. The zero-order valence-corrected chi connectivity index (χ0v) is 11.7. The summed E-state index contributed by atoms with van der Waals surface area (Å²) in [6.45, 7) is 7.90. The third-order valence-electron chi connectivity index (χ3n) is 3.49. The summed E-state index contributed by atoms with van der Waals surface area (Å²) in [5.41, 5.74) is 0.186. The normalized spacial score (nSPS) is 15.3. The van der Waals surface area contributed by atoms with Crippen LogP contribution < -0.4 is 5.32 Å². The van der Waals surface area contributed by atoms with Gasteiger partial charge in [-0.05, 0) is 43.0 Å². The van der Waals surface area contributed by atoms with E-state index >= 15 is 0 Å². The van der Waals surface area contributed by atoms with Crippen LogP contribution in [0.25, 0.3) is 0 Å². The van der Waals surface area contributed by atoms with Crippen LogP contribution in [-0.2, 0) is 6.18 Å². The monoisotopic (exact) mass is 273 g/mol. The molecular weight excluding hydrogens is 251 g/mol. The molecule has 0 fully saturated rings. The maximum absolute atomic E-state index is 12.7. The van der Waals surface area contributed by atoms with Crippen LogP contribution in [0.3, 0.4) is 0 Å². The van der Waals surface area contributed by atoms with Gasteiger partial charge in [-0.15, -0.1) is 0 Å². The van der Waals surface area contributed by atoms with Gasteiger partial charge in [0.1, 0.15) is 0 Å². The first-order chi connectivity index (χ1) is 8.86. The van der Waals surface area contributed by atoms with Crippen LogP contribution in [-0.4, -0.2) is 13.1 Å². The van der Waals surface area contributed by atoms with Gasteiger partial charge in [0.2, 0.25) is 0 Å². The van der Waals surface area contributed by atoms with Crippen molar-refractivity contribution < 1.29 is 13.2 Å². The Balaban J connectivity index is 2.73. The molecule has 0 aliphatic rings. The zero-order chi connectivity index (χ0) is 14.5. The van der Waals surface area contributed by atoms with Crippen molar-refractivity contribution in [3.8, 4) is 0 Å². The topological polar surface area (TPSA) is 12.0 Å². The van der Waals surface area contributed by atoms with Crippen molar-refractivity contribution in [2.75, 3.05) is 13.1 Å². The largest absolute Gasteiger partial charge is 0.416 e. The Morgan fingerprint density at radius 3 is 2.47 bits per heavy atom. The zero-order valence-electron chi connectivity index (χ0n) is 11.7. The van der Waals surface area contributed by atoms with Gasteiger partial charge in [0, 0.05) is 0 Å². The minimum absolute atomic E-state index is 0.103. The van der Waals surface area contributed by atoms with E-state index in [2.05, 4.69) is 19.2 Å². The Hall–Kier alpha value is -1.03.